The number of hydrogen-bond acceptors (Lipinski definition) is 8. The van der Waals surface area contributed by atoms with E-state index < -0.39 is 47.5 Å². The number of aromatic nitrogens is 3. The number of nitrogens with one attached hydrogen (secondary N) is 1. The highest BCUT2D eigenvalue weighted by atomic mass is 35.5. The van der Waals surface area contributed by atoms with E-state index in [0.29, 0.717) is 43.4 Å². The first-order valence-electron chi connectivity index (χ1n) is 13.9. The zero-order chi connectivity index (χ0) is 28.4. The Hall–Kier alpha value is -2.60. The first-order chi connectivity index (χ1) is 18.9. The number of piperidine rings is 1. The fourth-order valence-corrected chi connectivity index (χ4v) is 7.12. The molecule has 218 valence electrons. The van der Waals surface area contributed by atoms with Gasteiger partial charge in [-0.3, -0.25) is 4.90 Å². The average Bonchev–Trinajstić information content (AvgIpc) is 3.51. The maximum atomic E-state index is 15.9. The van der Waals surface area contributed by atoms with Crippen LogP contribution >= 0.6 is 11.6 Å². The number of fused-ring (bicyclic) bond motifs is 4. The summed E-state index contributed by atoms with van der Waals surface area (Å²) in [6.07, 6.45) is 2.00. The lowest BCUT2D eigenvalue weighted by Gasteiger charge is -2.42. The minimum atomic E-state index is -1.42. The molecule has 40 heavy (non-hydrogen) atoms. The highest BCUT2D eigenvalue weighted by Gasteiger charge is 2.51. The molecule has 0 radical (unpaired) electrons. The Kier molecular flexibility index (Phi) is 6.92. The number of carbonyl (C=O) groups is 1. The summed E-state index contributed by atoms with van der Waals surface area (Å²) in [5, 5.41) is 2.65. The molecule has 0 aliphatic carbocycles. The summed E-state index contributed by atoms with van der Waals surface area (Å²) in [4.78, 5) is 29.3. The topological polar surface area (TPSA) is 92.7 Å². The molecule has 2 aromatic heterocycles. The molecule has 9 nitrogen and oxygen atoms in total. The van der Waals surface area contributed by atoms with E-state index in [2.05, 4.69) is 25.2 Å². The third-order valence-electron chi connectivity index (χ3n) is 8.60. The lowest BCUT2D eigenvalue weighted by molar-refractivity contribution is 0.0447. The van der Waals surface area contributed by atoms with Crippen LogP contribution in [0, 0.1) is 5.82 Å². The van der Waals surface area contributed by atoms with E-state index in [1.54, 1.807) is 20.8 Å². The Bertz CT molecular complexity index is 1310. The molecular weight excluding hydrogens is 549 g/mol. The Morgan fingerprint density at radius 2 is 2.08 bits per heavy atom. The van der Waals surface area contributed by atoms with Crippen LogP contribution in [0.1, 0.15) is 59.3 Å². The van der Waals surface area contributed by atoms with E-state index in [4.69, 9.17) is 21.1 Å². The van der Waals surface area contributed by atoms with E-state index in [-0.39, 0.29) is 29.3 Å². The van der Waals surface area contributed by atoms with Crippen LogP contribution in [0.3, 0.4) is 0 Å². The van der Waals surface area contributed by atoms with Crippen LogP contribution in [-0.2, 0) is 4.74 Å². The first kappa shape index (κ1) is 27.6. The van der Waals surface area contributed by atoms with Crippen LogP contribution < -0.4 is 15.0 Å². The van der Waals surface area contributed by atoms with Gasteiger partial charge in [-0.2, -0.15) is 9.97 Å². The van der Waals surface area contributed by atoms with Gasteiger partial charge in [0.05, 0.1) is 23.0 Å². The zero-order valence-electron chi connectivity index (χ0n) is 22.8. The largest absolute Gasteiger partial charge is 0.461 e. The van der Waals surface area contributed by atoms with Gasteiger partial charge in [-0.1, -0.05) is 11.6 Å². The molecular formula is C27H34ClF3N6O3. The van der Waals surface area contributed by atoms with Crippen molar-refractivity contribution in [2.75, 3.05) is 24.6 Å². The van der Waals surface area contributed by atoms with Crippen LogP contribution in [0.2, 0.25) is 5.15 Å². The fourth-order valence-electron chi connectivity index (χ4n) is 6.98. The van der Waals surface area contributed by atoms with E-state index in [0.717, 1.165) is 19.4 Å². The minimum Gasteiger partial charge on any atom is -0.461 e. The second-order valence-electron chi connectivity index (χ2n) is 12.5. The molecule has 6 rings (SSSR count). The van der Waals surface area contributed by atoms with Crippen molar-refractivity contribution < 1.29 is 27.4 Å². The van der Waals surface area contributed by atoms with Crippen molar-refractivity contribution in [3.8, 4) is 6.01 Å². The average molecular weight is 583 g/mol. The SMILES string of the molecule is CC(C)(C)OC(=O)N[C@H]1C[C@H]2CC[C@@H]([C@@H]1F)N2c1nc(OC[C@@]23CCCN2C[C@H](F)C3)nc2c(F)c(Cl)ncc12. The maximum Gasteiger partial charge on any atom is 0.407 e. The van der Waals surface area contributed by atoms with Gasteiger partial charge in [0.25, 0.3) is 0 Å². The van der Waals surface area contributed by atoms with Gasteiger partial charge >= 0.3 is 12.1 Å². The van der Waals surface area contributed by atoms with Crippen molar-refractivity contribution >= 4 is 34.4 Å². The van der Waals surface area contributed by atoms with Crippen LogP contribution in [0.4, 0.5) is 23.8 Å². The monoisotopic (exact) mass is 582 g/mol. The summed E-state index contributed by atoms with van der Waals surface area (Å²) >= 11 is 5.99. The highest BCUT2D eigenvalue weighted by molar-refractivity contribution is 6.30. The van der Waals surface area contributed by atoms with Gasteiger partial charge in [0.2, 0.25) is 0 Å². The Morgan fingerprint density at radius 1 is 1.27 bits per heavy atom. The molecule has 4 aliphatic rings. The standard InChI is InChI=1S/C27H34ClF3N6O3/c1-26(2,3)40-25(38)33-17-9-15-5-6-18(19(17)30)37(15)23-16-11-32-22(28)20(31)21(16)34-24(35-23)39-13-27-7-4-8-36(27)12-14(29)10-27/h11,14-15,17-19H,4-10,12-13H2,1-3H3,(H,33,38)/t14-,15-,17+,18+,19-,27+/m1/s1. The number of anilines is 1. The predicted molar refractivity (Wildman–Crippen MR) is 143 cm³/mol. The smallest absolute Gasteiger partial charge is 0.407 e. The van der Waals surface area contributed by atoms with Crippen LogP contribution in [0.15, 0.2) is 6.20 Å². The number of pyridine rings is 1. The zero-order valence-corrected chi connectivity index (χ0v) is 23.6. The van der Waals surface area contributed by atoms with Crippen molar-refractivity contribution in [1.82, 2.24) is 25.2 Å². The second-order valence-corrected chi connectivity index (χ2v) is 12.8. The van der Waals surface area contributed by atoms with Crippen molar-refractivity contribution in [2.45, 2.75) is 101 Å². The number of nitrogens with zero attached hydrogens (tertiary/aromatic N) is 5. The van der Waals surface area contributed by atoms with E-state index in [9.17, 15) is 9.18 Å². The van der Waals surface area contributed by atoms with Crippen LogP contribution in [0.25, 0.3) is 10.9 Å². The van der Waals surface area contributed by atoms with Crippen LogP contribution in [0.5, 0.6) is 6.01 Å². The normalized spacial score (nSPS) is 32.0. The molecule has 13 heteroatoms. The number of amides is 1. The van der Waals surface area contributed by atoms with Gasteiger partial charge in [0.1, 0.15) is 35.9 Å². The molecule has 6 heterocycles. The van der Waals surface area contributed by atoms with Crippen molar-refractivity contribution in [1.29, 1.82) is 0 Å². The number of ether oxygens (including phenoxy) is 2. The highest BCUT2D eigenvalue weighted by Crippen LogP contribution is 2.44. The van der Waals surface area contributed by atoms with Gasteiger partial charge in [-0.25, -0.2) is 22.9 Å². The van der Waals surface area contributed by atoms with Crippen LogP contribution in [-0.4, -0.2) is 87.3 Å². The summed E-state index contributed by atoms with van der Waals surface area (Å²) in [5.41, 5.74) is -1.22. The molecule has 4 fully saturated rings. The third-order valence-corrected chi connectivity index (χ3v) is 8.87. The second kappa shape index (κ2) is 10.0. The van der Waals surface area contributed by atoms with E-state index in [1.165, 1.54) is 6.20 Å². The molecule has 0 unspecified atom stereocenters. The lowest BCUT2D eigenvalue weighted by atomic mass is 9.95. The summed E-state index contributed by atoms with van der Waals surface area (Å²) in [6, 6.07) is -1.60. The summed E-state index contributed by atoms with van der Waals surface area (Å²) < 4.78 is 56.8. The molecule has 4 saturated heterocycles. The summed E-state index contributed by atoms with van der Waals surface area (Å²) in [6.45, 7) is 6.58. The molecule has 6 atom stereocenters. The fraction of sp³-hybridized carbons (Fsp3) is 0.704. The van der Waals surface area contributed by atoms with Crippen molar-refractivity contribution in [2.24, 2.45) is 0 Å². The predicted octanol–water partition coefficient (Wildman–Crippen LogP) is 4.75. The molecule has 0 spiro atoms. The molecule has 2 bridgehead atoms. The van der Waals surface area contributed by atoms with Crippen molar-refractivity contribution in [3.63, 3.8) is 0 Å². The Balaban J connectivity index is 1.30. The van der Waals surface area contributed by atoms with Gasteiger partial charge in [-0.15, -0.1) is 0 Å². The minimum absolute atomic E-state index is 0.0700. The van der Waals surface area contributed by atoms with Crippen molar-refractivity contribution in [3.05, 3.63) is 17.2 Å². The molecule has 4 aliphatic heterocycles. The van der Waals surface area contributed by atoms with E-state index in [1.807, 2.05) is 4.90 Å². The Labute approximate surface area is 235 Å². The number of rotatable bonds is 5. The molecule has 2 aromatic rings. The van der Waals surface area contributed by atoms with Gasteiger partial charge in [0, 0.05) is 25.2 Å². The number of hydrogen-bond donors (Lipinski definition) is 1. The third kappa shape index (κ3) is 4.91. The quantitative estimate of drug-likeness (QED) is 0.505. The lowest BCUT2D eigenvalue weighted by Crippen LogP contribution is -2.58. The number of alkyl halides is 2. The van der Waals surface area contributed by atoms with Gasteiger partial charge in [0.15, 0.2) is 11.0 Å². The number of alkyl carbamates (subject to hydrolysis) is 1. The molecule has 1 N–H and O–H groups in total. The molecule has 0 aromatic carbocycles. The number of halogens is 4. The van der Waals surface area contributed by atoms with Gasteiger partial charge < -0.3 is 19.7 Å². The first-order valence-corrected chi connectivity index (χ1v) is 14.3. The summed E-state index contributed by atoms with van der Waals surface area (Å²) in [5.74, 6) is -0.506. The van der Waals surface area contributed by atoms with E-state index >= 15 is 8.78 Å². The molecule has 0 saturated carbocycles. The molecule has 1 amide bonds. The summed E-state index contributed by atoms with van der Waals surface area (Å²) in [7, 11) is 0. The maximum absolute atomic E-state index is 15.9. The Morgan fingerprint density at radius 3 is 2.85 bits per heavy atom. The van der Waals surface area contributed by atoms with Gasteiger partial charge in [-0.05, 0) is 59.4 Å². The number of carbonyl (C=O) groups excluding carboxylic acids is 1.